The zero-order valence-electron chi connectivity index (χ0n) is 11.2. The van der Waals surface area contributed by atoms with E-state index in [1.807, 2.05) is 18.2 Å². The monoisotopic (exact) mass is 271 g/mol. The standard InChI is InChI=1S/C16H18FN3/c17-15-9-5-4-8-14(15)12-20-16(18)19-11-10-13-6-2-1-3-7-13/h1-9H,10-12H2,(H3,18,19,20). The number of nitrogens with zero attached hydrogens (tertiary/aromatic N) is 1. The van der Waals surface area contributed by atoms with Crippen LogP contribution in [-0.4, -0.2) is 12.5 Å². The summed E-state index contributed by atoms with van der Waals surface area (Å²) in [5, 5.41) is 3.03. The Morgan fingerprint density at radius 1 is 1.05 bits per heavy atom. The van der Waals surface area contributed by atoms with Crippen molar-refractivity contribution in [3.8, 4) is 0 Å². The normalized spacial score (nSPS) is 11.3. The summed E-state index contributed by atoms with van der Waals surface area (Å²) in [4.78, 5) is 4.13. The van der Waals surface area contributed by atoms with E-state index in [2.05, 4.69) is 22.4 Å². The number of hydrogen-bond donors (Lipinski definition) is 2. The second kappa shape index (κ2) is 7.28. The van der Waals surface area contributed by atoms with E-state index in [1.54, 1.807) is 18.2 Å². The Kier molecular flexibility index (Phi) is 5.12. The molecule has 3 N–H and O–H groups in total. The van der Waals surface area contributed by atoms with Gasteiger partial charge >= 0.3 is 0 Å². The Morgan fingerprint density at radius 3 is 2.50 bits per heavy atom. The molecular formula is C16H18FN3. The number of rotatable bonds is 5. The molecule has 2 aromatic rings. The number of nitrogens with one attached hydrogen (secondary N) is 1. The lowest BCUT2D eigenvalue weighted by Crippen LogP contribution is -2.33. The first-order valence-corrected chi connectivity index (χ1v) is 6.57. The number of guanidine groups is 1. The maximum Gasteiger partial charge on any atom is 0.188 e. The Balaban J connectivity index is 1.79. The summed E-state index contributed by atoms with van der Waals surface area (Å²) in [6.45, 7) is 0.952. The molecule has 0 radical (unpaired) electrons. The fraction of sp³-hybridized carbons (Fsp3) is 0.188. The molecule has 0 saturated heterocycles. The molecule has 0 spiro atoms. The predicted molar refractivity (Wildman–Crippen MR) is 79.9 cm³/mol. The van der Waals surface area contributed by atoms with Crippen molar-refractivity contribution in [2.24, 2.45) is 10.7 Å². The van der Waals surface area contributed by atoms with Gasteiger partial charge in [-0.05, 0) is 18.1 Å². The van der Waals surface area contributed by atoms with E-state index in [0.29, 0.717) is 18.1 Å². The molecule has 2 rings (SSSR count). The number of aliphatic imine (C=N–C) groups is 1. The molecule has 0 aromatic heterocycles. The Bertz CT molecular complexity index is 567. The Hall–Kier alpha value is -2.36. The first kappa shape index (κ1) is 14.1. The van der Waals surface area contributed by atoms with Gasteiger partial charge in [-0.15, -0.1) is 0 Å². The van der Waals surface area contributed by atoms with Gasteiger partial charge < -0.3 is 11.1 Å². The molecule has 2 aromatic carbocycles. The molecule has 0 atom stereocenters. The molecule has 0 amide bonds. The van der Waals surface area contributed by atoms with Crippen molar-refractivity contribution in [2.45, 2.75) is 13.0 Å². The number of benzene rings is 2. The van der Waals surface area contributed by atoms with Gasteiger partial charge in [0.25, 0.3) is 0 Å². The van der Waals surface area contributed by atoms with Crippen molar-refractivity contribution in [1.29, 1.82) is 0 Å². The first-order valence-electron chi connectivity index (χ1n) is 6.57. The lowest BCUT2D eigenvalue weighted by Gasteiger charge is -2.06. The van der Waals surface area contributed by atoms with Crippen LogP contribution in [0, 0.1) is 5.82 Å². The molecule has 4 heteroatoms. The maximum atomic E-state index is 13.4. The summed E-state index contributed by atoms with van der Waals surface area (Å²) in [5.74, 6) is 0.0810. The largest absolute Gasteiger partial charge is 0.370 e. The molecule has 0 unspecified atom stereocenters. The summed E-state index contributed by atoms with van der Waals surface area (Å²) in [5.41, 5.74) is 7.53. The lowest BCUT2D eigenvalue weighted by atomic mass is 10.1. The van der Waals surface area contributed by atoms with Crippen molar-refractivity contribution in [3.63, 3.8) is 0 Å². The SMILES string of the molecule is NC(=NCc1ccccc1F)NCCc1ccccc1. The van der Waals surface area contributed by atoms with Gasteiger partial charge in [-0.3, -0.25) is 0 Å². The molecule has 0 heterocycles. The highest BCUT2D eigenvalue weighted by molar-refractivity contribution is 5.77. The average Bonchev–Trinajstić information content (AvgIpc) is 2.47. The van der Waals surface area contributed by atoms with E-state index >= 15 is 0 Å². The van der Waals surface area contributed by atoms with Crippen LogP contribution in [0.4, 0.5) is 4.39 Å². The topological polar surface area (TPSA) is 50.4 Å². The van der Waals surface area contributed by atoms with Crippen LogP contribution in [0.15, 0.2) is 59.6 Å². The molecule has 0 aliphatic rings. The molecule has 0 bridgehead atoms. The predicted octanol–water partition coefficient (Wildman–Crippen LogP) is 2.47. The summed E-state index contributed by atoms with van der Waals surface area (Å²) < 4.78 is 13.4. The van der Waals surface area contributed by atoms with Crippen molar-refractivity contribution < 1.29 is 4.39 Å². The first-order chi connectivity index (χ1) is 9.75. The van der Waals surface area contributed by atoms with Crippen LogP contribution in [0.5, 0.6) is 0 Å². The molecule has 0 saturated carbocycles. The smallest absolute Gasteiger partial charge is 0.188 e. The van der Waals surface area contributed by atoms with Crippen molar-refractivity contribution in [1.82, 2.24) is 5.32 Å². The minimum Gasteiger partial charge on any atom is -0.370 e. The highest BCUT2D eigenvalue weighted by Crippen LogP contribution is 2.07. The molecule has 0 fully saturated rings. The van der Waals surface area contributed by atoms with Gasteiger partial charge in [-0.25, -0.2) is 9.38 Å². The molecule has 0 aliphatic heterocycles. The fourth-order valence-corrected chi connectivity index (χ4v) is 1.83. The van der Waals surface area contributed by atoms with Crippen molar-refractivity contribution in [3.05, 3.63) is 71.5 Å². The van der Waals surface area contributed by atoms with E-state index in [0.717, 1.165) is 6.42 Å². The van der Waals surface area contributed by atoms with Crippen LogP contribution in [0.2, 0.25) is 0 Å². The van der Waals surface area contributed by atoms with E-state index in [-0.39, 0.29) is 12.4 Å². The second-order valence-corrected chi connectivity index (χ2v) is 4.46. The zero-order chi connectivity index (χ0) is 14.2. The van der Waals surface area contributed by atoms with Crippen LogP contribution < -0.4 is 11.1 Å². The van der Waals surface area contributed by atoms with Gasteiger partial charge in [-0.1, -0.05) is 48.5 Å². The van der Waals surface area contributed by atoms with Crippen LogP contribution in [-0.2, 0) is 13.0 Å². The summed E-state index contributed by atoms with van der Waals surface area (Å²) in [6.07, 6.45) is 0.872. The molecular weight excluding hydrogens is 253 g/mol. The van der Waals surface area contributed by atoms with Crippen molar-refractivity contribution in [2.75, 3.05) is 6.54 Å². The third kappa shape index (κ3) is 4.39. The number of hydrogen-bond acceptors (Lipinski definition) is 1. The zero-order valence-corrected chi connectivity index (χ0v) is 11.2. The van der Waals surface area contributed by atoms with Crippen LogP contribution in [0.1, 0.15) is 11.1 Å². The van der Waals surface area contributed by atoms with Gasteiger partial charge in [0.1, 0.15) is 5.82 Å². The molecule has 3 nitrogen and oxygen atoms in total. The van der Waals surface area contributed by atoms with E-state index < -0.39 is 0 Å². The number of nitrogens with two attached hydrogens (primary N) is 1. The lowest BCUT2D eigenvalue weighted by molar-refractivity contribution is 0.610. The molecule has 104 valence electrons. The third-order valence-electron chi connectivity index (χ3n) is 2.94. The summed E-state index contributed by atoms with van der Waals surface area (Å²) in [7, 11) is 0. The fourth-order valence-electron chi connectivity index (χ4n) is 1.83. The van der Waals surface area contributed by atoms with Gasteiger partial charge in [0.2, 0.25) is 0 Å². The highest BCUT2D eigenvalue weighted by atomic mass is 19.1. The van der Waals surface area contributed by atoms with Gasteiger partial charge in [-0.2, -0.15) is 0 Å². The highest BCUT2D eigenvalue weighted by Gasteiger charge is 1.99. The van der Waals surface area contributed by atoms with Crippen molar-refractivity contribution >= 4 is 5.96 Å². The van der Waals surface area contributed by atoms with Crippen LogP contribution in [0.3, 0.4) is 0 Å². The van der Waals surface area contributed by atoms with Gasteiger partial charge in [0, 0.05) is 12.1 Å². The number of halogens is 1. The van der Waals surface area contributed by atoms with Gasteiger partial charge in [0.15, 0.2) is 5.96 Å². The maximum absolute atomic E-state index is 13.4. The van der Waals surface area contributed by atoms with E-state index in [9.17, 15) is 4.39 Å². The third-order valence-corrected chi connectivity index (χ3v) is 2.94. The molecule has 20 heavy (non-hydrogen) atoms. The van der Waals surface area contributed by atoms with Crippen LogP contribution >= 0.6 is 0 Å². The molecule has 0 aliphatic carbocycles. The van der Waals surface area contributed by atoms with E-state index in [4.69, 9.17) is 5.73 Å². The quantitative estimate of drug-likeness (QED) is 0.648. The minimum absolute atomic E-state index is 0.247. The second-order valence-electron chi connectivity index (χ2n) is 4.46. The average molecular weight is 271 g/mol. The summed E-state index contributed by atoms with van der Waals surface area (Å²) >= 11 is 0. The minimum atomic E-state index is -0.256. The van der Waals surface area contributed by atoms with E-state index in [1.165, 1.54) is 11.6 Å². The van der Waals surface area contributed by atoms with Crippen LogP contribution in [0.25, 0.3) is 0 Å². The van der Waals surface area contributed by atoms with Gasteiger partial charge in [0.05, 0.1) is 6.54 Å². The Labute approximate surface area is 118 Å². The summed E-state index contributed by atoms with van der Waals surface area (Å²) in [6, 6.07) is 16.7. The Morgan fingerprint density at radius 2 is 1.75 bits per heavy atom.